The van der Waals surface area contributed by atoms with Crippen molar-refractivity contribution in [2.75, 3.05) is 0 Å². The van der Waals surface area contributed by atoms with Crippen LogP contribution >= 0.6 is 11.9 Å². The molecule has 0 N–H and O–H groups in total. The third kappa shape index (κ3) is 3.58. The second-order valence-electron chi connectivity index (χ2n) is 2.48. The molecule has 0 aliphatic heterocycles. The molecular formula is C10H13NS. The molecule has 2 heteroatoms. The highest BCUT2D eigenvalue weighted by Crippen LogP contribution is 2.17. The molecule has 0 fully saturated rings. The lowest BCUT2D eigenvalue weighted by Gasteiger charge is -1.91. The van der Waals surface area contributed by atoms with E-state index in [9.17, 15) is 0 Å². The van der Waals surface area contributed by atoms with Crippen molar-refractivity contribution in [2.24, 2.45) is 4.40 Å². The first kappa shape index (κ1) is 9.33. The lowest BCUT2D eigenvalue weighted by Crippen LogP contribution is -1.70. The van der Waals surface area contributed by atoms with Gasteiger partial charge in [0.05, 0.1) is 0 Å². The highest BCUT2D eigenvalue weighted by Gasteiger charge is 1.86. The highest BCUT2D eigenvalue weighted by molar-refractivity contribution is 7.98. The van der Waals surface area contributed by atoms with E-state index < -0.39 is 0 Å². The van der Waals surface area contributed by atoms with E-state index in [0.29, 0.717) is 0 Å². The van der Waals surface area contributed by atoms with Crippen molar-refractivity contribution < 1.29 is 0 Å². The van der Waals surface area contributed by atoms with E-state index >= 15 is 0 Å². The van der Waals surface area contributed by atoms with Crippen LogP contribution in [0.15, 0.2) is 39.6 Å². The van der Waals surface area contributed by atoms with Gasteiger partial charge in [0.15, 0.2) is 0 Å². The molecule has 0 aliphatic carbocycles. The second kappa shape index (κ2) is 5.84. The number of nitrogens with zero attached hydrogens (tertiary/aromatic N) is 1. The van der Waals surface area contributed by atoms with Crippen molar-refractivity contribution in [1.29, 1.82) is 0 Å². The number of rotatable bonds is 4. The molecule has 0 saturated heterocycles. The van der Waals surface area contributed by atoms with Crippen LogP contribution in [0.3, 0.4) is 0 Å². The van der Waals surface area contributed by atoms with Crippen LogP contribution in [-0.4, -0.2) is 6.21 Å². The van der Waals surface area contributed by atoms with Crippen LogP contribution < -0.4 is 0 Å². The minimum atomic E-state index is 1.07. The average Bonchev–Trinajstić information content (AvgIpc) is 2.14. The highest BCUT2D eigenvalue weighted by atomic mass is 32.2. The molecule has 1 nitrogen and oxygen atoms in total. The average molecular weight is 179 g/mol. The van der Waals surface area contributed by atoms with Gasteiger partial charge >= 0.3 is 0 Å². The summed E-state index contributed by atoms with van der Waals surface area (Å²) < 4.78 is 4.22. The smallest absolute Gasteiger partial charge is 0.0305 e. The second-order valence-corrected chi connectivity index (χ2v) is 3.35. The molecular weight excluding hydrogens is 166 g/mol. The van der Waals surface area contributed by atoms with Crippen molar-refractivity contribution in [2.45, 2.75) is 24.7 Å². The number of hydrogen-bond donors (Lipinski definition) is 0. The van der Waals surface area contributed by atoms with Crippen LogP contribution in [-0.2, 0) is 0 Å². The van der Waals surface area contributed by atoms with Crippen LogP contribution in [0, 0.1) is 0 Å². The van der Waals surface area contributed by atoms with Crippen molar-refractivity contribution >= 4 is 18.2 Å². The third-order valence-corrected chi connectivity index (χ3v) is 2.13. The summed E-state index contributed by atoms with van der Waals surface area (Å²) in [7, 11) is 0. The van der Waals surface area contributed by atoms with E-state index in [-0.39, 0.29) is 0 Å². The molecule has 0 aliphatic rings. The molecule has 1 aromatic carbocycles. The molecule has 0 saturated carbocycles. The Morgan fingerprint density at radius 3 is 2.75 bits per heavy atom. The summed E-state index contributed by atoms with van der Waals surface area (Å²) in [5.74, 6) is 0. The summed E-state index contributed by atoms with van der Waals surface area (Å²) in [6, 6.07) is 10.2. The van der Waals surface area contributed by atoms with E-state index in [0.717, 1.165) is 6.42 Å². The zero-order chi connectivity index (χ0) is 8.65. The van der Waals surface area contributed by atoms with Crippen LogP contribution in [0.2, 0.25) is 0 Å². The first-order valence-corrected chi connectivity index (χ1v) is 4.94. The monoisotopic (exact) mass is 179 g/mol. The van der Waals surface area contributed by atoms with Gasteiger partial charge in [-0.3, -0.25) is 0 Å². The minimum Gasteiger partial charge on any atom is -0.224 e. The van der Waals surface area contributed by atoms with Gasteiger partial charge in [0, 0.05) is 23.1 Å². The zero-order valence-electron chi connectivity index (χ0n) is 7.23. The molecule has 1 aromatic rings. The molecule has 0 radical (unpaired) electrons. The number of benzene rings is 1. The Balaban J connectivity index is 2.33. The van der Waals surface area contributed by atoms with E-state index in [2.05, 4.69) is 23.5 Å². The SMILES string of the molecule is CCC/C=N\Sc1ccccc1. The topological polar surface area (TPSA) is 12.4 Å². The molecule has 0 spiro atoms. The fourth-order valence-corrected chi connectivity index (χ4v) is 1.34. The van der Waals surface area contributed by atoms with E-state index in [1.54, 1.807) is 0 Å². The Morgan fingerprint density at radius 1 is 1.33 bits per heavy atom. The van der Waals surface area contributed by atoms with Gasteiger partial charge < -0.3 is 0 Å². The quantitative estimate of drug-likeness (QED) is 0.508. The number of unbranched alkanes of at least 4 members (excludes halogenated alkanes) is 1. The Morgan fingerprint density at radius 2 is 2.08 bits per heavy atom. The zero-order valence-corrected chi connectivity index (χ0v) is 8.05. The Bertz CT molecular complexity index is 231. The van der Waals surface area contributed by atoms with Gasteiger partial charge in [0.2, 0.25) is 0 Å². The molecule has 0 unspecified atom stereocenters. The predicted octanol–water partition coefficient (Wildman–Crippen LogP) is 3.56. The van der Waals surface area contributed by atoms with Crippen LogP contribution in [0.25, 0.3) is 0 Å². The van der Waals surface area contributed by atoms with Gasteiger partial charge in [-0.2, -0.15) is 0 Å². The summed E-state index contributed by atoms with van der Waals surface area (Å²) in [5, 5.41) is 0. The minimum absolute atomic E-state index is 1.07. The molecule has 0 atom stereocenters. The summed E-state index contributed by atoms with van der Waals surface area (Å²) in [4.78, 5) is 1.20. The lowest BCUT2D eigenvalue weighted by atomic mass is 10.4. The van der Waals surface area contributed by atoms with Crippen molar-refractivity contribution in [3.05, 3.63) is 30.3 Å². The fraction of sp³-hybridized carbons (Fsp3) is 0.300. The molecule has 0 heterocycles. The maximum atomic E-state index is 4.22. The van der Waals surface area contributed by atoms with E-state index in [1.807, 2.05) is 24.4 Å². The third-order valence-electron chi connectivity index (χ3n) is 1.39. The lowest BCUT2D eigenvalue weighted by molar-refractivity contribution is 1.01. The summed E-state index contributed by atoms with van der Waals surface area (Å²) >= 11 is 1.53. The predicted molar refractivity (Wildman–Crippen MR) is 55.7 cm³/mol. The Hall–Kier alpha value is -0.760. The normalized spacial score (nSPS) is 10.8. The van der Waals surface area contributed by atoms with Crippen LogP contribution in [0.5, 0.6) is 0 Å². The maximum Gasteiger partial charge on any atom is 0.0305 e. The molecule has 0 aromatic heterocycles. The van der Waals surface area contributed by atoms with Crippen molar-refractivity contribution in [3.8, 4) is 0 Å². The Labute approximate surface area is 78.0 Å². The van der Waals surface area contributed by atoms with Gasteiger partial charge in [-0.25, -0.2) is 4.40 Å². The summed E-state index contributed by atoms with van der Waals surface area (Å²) in [5.41, 5.74) is 0. The standard InChI is InChI=1S/C10H13NS/c1-2-3-9-11-12-10-7-5-4-6-8-10/h4-9H,2-3H2,1H3/b11-9-. The van der Waals surface area contributed by atoms with Crippen LogP contribution in [0.1, 0.15) is 19.8 Å². The fourth-order valence-electron chi connectivity index (χ4n) is 0.761. The van der Waals surface area contributed by atoms with Gasteiger partial charge in [0.25, 0.3) is 0 Å². The summed E-state index contributed by atoms with van der Waals surface area (Å²) in [6.45, 7) is 2.15. The van der Waals surface area contributed by atoms with E-state index in [4.69, 9.17) is 0 Å². The van der Waals surface area contributed by atoms with Gasteiger partial charge in [0.1, 0.15) is 0 Å². The first-order chi connectivity index (χ1) is 5.93. The van der Waals surface area contributed by atoms with Gasteiger partial charge in [-0.1, -0.05) is 31.5 Å². The molecule has 12 heavy (non-hydrogen) atoms. The first-order valence-electron chi connectivity index (χ1n) is 4.17. The van der Waals surface area contributed by atoms with Gasteiger partial charge in [-0.05, 0) is 18.6 Å². The van der Waals surface area contributed by atoms with E-state index in [1.165, 1.54) is 23.3 Å². The molecule has 0 amide bonds. The maximum absolute atomic E-state index is 4.22. The summed E-state index contributed by atoms with van der Waals surface area (Å²) in [6.07, 6.45) is 4.20. The van der Waals surface area contributed by atoms with Crippen molar-refractivity contribution in [1.82, 2.24) is 0 Å². The Kier molecular flexibility index (Phi) is 4.54. The molecule has 1 rings (SSSR count). The van der Waals surface area contributed by atoms with Crippen molar-refractivity contribution in [3.63, 3.8) is 0 Å². The van der Waals surface area contributed by atoms with Gasteiger partial charge in [-0.15, -0.1) is 0 Å². The number of hydrogen-bond acceptors (Lipinski definition) is 2. The molecule has 64 valence electrons. The molecule has 0 bridgehead atoms. The largest absolute Gasteiger partial charge is 0.224 e. The van der Waals surface area contributed by atoms with Crippen LogP contribution in [0.4, 0.5) is 0 Å².